The van der Waals surface area contributed by atoms with Gasteiger partial charge in [-0.2, -0.15) is 0 Å². The highest BCUT2D eigenvalue weighted by Crippen LogP contribution is 2.33. The summed E-state index contributed by atoms with van der Waals surface area (Å²) in [6.45, 7) is 3.39. The lowest BCUT2D eigenvalue weighted by molar-refractivity contribution is -0.139. The number of carbonyl (C=O) groups excluding carboxylic acids is 2. The minimum atomic E-state index is -4.30. The van der Waals surface area contributed by atoms with Gasteiger partial charge in [-0.1, -0.05) is 28.1 Å². The normalized spacial score (nSPS) is 11.8. The van der Waals surface area contributed by atoms with Crippen LogP contribution in [0.1, 0.15) is 19.4 Å². The van der Waals surface area contributed by atoms with E-state index in [0.717, 1.165) is 14.3 Å². The lowest BCUT2D eigenvalue weighted by atomic mass is 10.1. The molecule has 41 heavy (non-hydrogen) atoms. The third-order valence-electron chi connectivity index (χ3n) is 6.31. The Bertz CT molecular complexity index is 1470. The molecule has 3 aromatic carbocycles. The van der Waals surface area contributed by atoms with Gasteiger partial charge in [-0.3, -0.25) is 13.9 Å². The lowest BCUT2D eigenvalue weighted by Gasteiger charge is -2.32. The van der Waals surface area contributed by atoms with Crippen molar-refractivity contribution in [3.8, 4) is 17.2 Å². The van der Waals surface area contributed by atoms with Gasteiger partial charge in [0, 0.05) is 24.1 Å². The van der Waals surface area contributed by atoms with Crippen molar-refractivity contribution in [2.45, 2.75) is 31.3 Å². The van der Waals surface area contributed by atoms with E-state index >= 15 is 0 Å². The second-order valence-corrected chi connectivity index (χ2v) is 11.7. The first-order valence-corrected chi connectivity index (χ1v) is 15.0. The molecule has 0 aliphatic rings. The molecule has 12 heteroatoms. The number of benzene rings is 3. The Balaban J connectivity index is 2.08. The molecule has 3 aromatic rings. The topological polar surface area (TPSA) is 114 Å². The van der Waals surface area contributed by atoms with Crippen molar-refractivity contribution in [1.29, 1.82) is 0 Å². The van der Waals surface area contributed by atoms with Gasteiger partial charge in [-0.05, 0) is 67.9 Å². The van der Waals surface area contributed by atoms with Crippen LogP contribution in [0.15, 0.2) is 76.1 Å². The monoisotopic (exact) mass is 647 g/mol. The van der Waals surface area contributed by atoms with E-state index in [4.69, 9.17) is 14.2 Å². The van der Waals surface area contributed by atoms with Gasteiger partial charge in [0.05, 0.1) is 31.4 Å². The van der Waals surface area contributed by atoms with Crippen molar-refractivity contribution >= 4 is 43.5 Å². The van der Waals surface area contributed by atoms with E-state index in [1.54, 1.807) is 31.2 Å². The van der Waals surface area contributed by atoms with Crippen LogP contribution in [0.5, 0.6) is 17.2 Å². The molecule has 0 bridgehead atoms. The first-order chi connectivity index (χ1) is 19.5. The van der Waals surface area contributed by atoms with Crippen LogP contribution in [-0.4, -0.2) is 65.6 Å². The third-order valence-corrected chi connectivity index (χ3v) is 8.58. The molecule has 3 rings (SSSR count). The van der Waals surface area contributed by atoms with Gasteiger partial charge in [0.1, 0.15) is 18.3 Å². The fraction of sp³-hybridized carbons (Fsp3) is 0.310. The molecule has 2 amide bonds. The van der Waals surface area contributed by atoms with Gasteiger partial charge in [-0.25, -0.2) is 8.42 Å². The standard InChI is InChI=1S/C29H34BrN3O7S/c1-6-40-24-12-10-23(11-13-24)33(41(36,37)25-14-15-26(38-4)27(17-25)39-5)19-28(34)32(20(2)29(35)31-3)18-21-8-7-9-22(30)16-21/h7-17,20H,6,18-19H2,1-5H3,(H,31,35)/t20-/m0/s1. The van der Waals surface area contributed by atoms with Gasteiger partial charge >= 0.3 is 0 Å². The number of sulfonamides is 1. The van der Waals surface area contributed by atoms with Crippen molar-refractivity contribution in [3.63, 3.8) is 0 Å². The first kappa shape index (κ1) is 31.8. The van der Waals surface area contributed by atoms with Crippen LogP contribution in [-0.2, 0) is 26.2 Å². The molecule has 0 radical (unpaired) electrons. The summed E-state index contributed by atoms with van der Waals surface area (Å²) >= 11 is 3.43. The third kappa shape index (κ3) is 7.70. The molecule has 0 fully saturated rings. The number of hydrogen-bond donors (Lipinski definition) is 1. The zero-order valence-electron chi connectivity index (χ0n) is 23.6. The van der Waals surface area contributed by atoms with Crippen LogP contribution in [0.2, 0.25) is 0 Å². The Morgan fingerprint density at radius 3 is 2.24 bits per heavy atom. The molecule has 220 valence electrons. The van der Waals surface area contributed by atoms with E-state index in [-0.39, 0.29) is 28.8 Å². The van der Waals surface area contributed by atoms with Crippen LogP contribution >= 0.6 is 15.9 Å². The van der Waals surface area contributed by atoms with Crippen molar-refractivity contribution in [2.75, 3.05) is 38.7 Å². The maximum Gasteiger partial charge on any atom is 0.264 e. The second-order valence-electron chi connectivity index (χ2n) is 8.90. The molecular weight excluding hydrogens is 614 g/mol. The Kier molecular flexibility index (Phi) is 11.0. The van der Waals surface area contributed by atoms with E-state index in [2.05, 4.69) is 21.2 Å². The smallest absolute Gasteiger partial charge is 0.264 e. The highest BCUT2D eigenvalue weighted by Gasteiger charge is 2.33. The predicted octanol–water partition coefficient (Wildman–Crippen LogP) is 4.22. The number of rotatable bonds is 13. The number of anilines is 1. The molecule has 0 heterocycles. The number of nitrogens with zero attached hydrogens (tertiary/aromatic N) is 2. The summed E-state index contributed by atoms with van der Waals surface area (Å²) in [6.07, 6.45) is 0. The first-order valence-electron chi connectivity index (χ1n) is 12.8. The van der Waals surface area contributed by atoms with Gasteiger partial charge in [0.2, 0.25) is 11.8 Å². The largest absolute Gasteiger partial charge is 0.494 e. The van der Waals surface area contributed by atoms with Gasteiger partial charge in [0.25, 0.3) is 10.0 Å². The molecular formula is C29H34BrN3O7S. The zero-order chi connectivity index (χ0) is 30.2. The minimum Gasteiger partial charge on any atom is -0.494 e. The number of hydrogen-bond acceptors (Lipinski definition) is 7. The summed E-state index contributed by atoms with van der Waals surface area (Å²) in [7, 11) is 0.0390. The maximum atomic E-state index is 14.1. The minimum absolute atomic E-state index is 0.0837. The fourth-order valence-corrected chi connectivity index (χ4v) is 6.01. The van der Waals surface area contributed by atoms with Crippen molar-refractivity contribution in [1.82, 2.24) is 10.2 Å². The van der Waals surface area contributed by atoms with E-state index in [0.29, 0.717) is 18.1 Å². The van der Waals surface area contributed by atoms with E-state index in [1.807, 2.05) is 31.2 Å². The predicted molar refractivity (Wildman–Crippen MR) is 160 cm³/mol. The number of likely N-dealkylation sites (N-methyl/N-ethyl adjacent to an activating group) is 1. The molecule has 0 unspecified atom stereocenters. The number of ether oxygens (including phenoxy) is 3. The summed E-state index contributed by atoms with van der Waals surface area (Å²) in [4.78, 5) is 27.8. The van der Waals surface area contributed by atoms with E-state index < -0.39 is 28.5 Å². The summed E-state index contributed by atoms with van der Waals surface area (Å²) < 4.78 is 46.1. The Morgan fingerprint density at radius 2 is 1.66 bits per heavy atom. The average molecular weight is 649 g/mol. The van der Waals surface area contributed by atoms with Gasteiger partial charge in [0.15, 0.2) is 11.5 Å². The summed E-state index contributed by atoms with van der Waals surface area (Å²) in [5, 5.41) is 2.57. The van der Waals surface area contributed by atoms with E-state index in [9.17, 15) is 18.0 Å². The number of halogens is 1. The van der Waals surface area contributed by atoms with Crippen LogP contribution < -0.4 is 23.8 Å². The number of methoxy groups -OCH3 is 2. The molecule has 10 nitrogen and oxygen atoms in total. The molecule has 0 saturated carbocycles. The number of carbonyl (C=O) groups is 2. The molecule has 0 aliphatic heterocycles. The summed E-state index contributed by atoms with van der Waals surface area (Å²) in [6, 6.07) is 17.1. The SMILES string of the molecule is CCOc1ccc(N(CC(=O)N(Cc2cccc(Br)c2)[C@@H](C)C(=O)NC)S(=O)(=O)c2ccc(OC)c(OC)c2)cc1. The summed E-state index contributed by atoms with van der Waals surface area (Å²) in [5.41, 5.74) is 1.01. The molecule has 0 saturated heterocycles. The molecule has 0 aromatic heterocycles. The summed E-state index contributed by atoms with van der Waals surface area (Å²) in [5.74, 6) is 0.170. The molecule has 0 spiro atoms. The van der Waals surface area contributed by atoms with E-state index in [1.165, 1.54) is 44.4 Å². The van der Waals surface area contributed by atoms with Crippen molar-refractivity contribution < 1.29 is 32.2 Å². The number of nitrogens with one attached hydrogen (secondary N) is 1. The van der Waals surface area contributed by atoms with Crippen LogP contribution in [0.3, 0.4) is 0 Å². The highest BCUT2D eigenvalue weighted by molar-refractivity contribution is 9.10. The quantitative estimate of drug-likeness (QED) is 0.295. The van der Waals surface area contributed by atoms with Crippen LogP contribution in [0, 0.1) is 0 Å². The second kappa shape index (κ2) is 14.2. The zero-order valence-corrected chi connectivity index (χ0v) is 26.0. The highest BCUT2D eigenvalue weighted by atomic mass is 79.9. The van der Waals surface area contributed by atoms with Crippen molar-refractivity contribution in [3.05, 3.63) is 76.8 Å². The Hall–Kier alpha value is -3.77. The Labute approximate surface area is 249 Å². The van der Waals surface area contributed by atoms with Crippen LogP contribution in [0.4, 0.5) is 5.69 Å². The van der Waals surface area contributed by atoms with Gasteiger partial charge < -0.3 is 24.4 Å². The lowest BCUT2D eigenvalue weighted by Crippen LogP contribution is -2.50. The maximum absolute atomic E-state index is 14.1. The molecule has 1 atom stereocenters. The number of amides is 2. The molecule has 1 N–H and O–H groups in total. The van der Waals surface area contributed by atoms with Gasteiger partial charge in [-0.15, -0.1) is 0 Å². The molecule has 0 aliphatic carbocycles. The average Bonchev–Trinajstić information content (AvgIpc) is 2.98. The Morgan fingerprint density at radius 1 is 0.976 bits per heavy atom. The van der Waals surface area contributed by atoms with Crippen LogP contribution in [0.25, 0.3) is 0 Å². The fourth-order valence-electron chi connectivity index (χ4n) is 4.13. The van der Waals surface area contributed by atoms with Crippen molar-refractivity contribution in [2.24, 2.45) is 0 Å².